The summed E-state index contributed by atoms with van der Waals surface area (Å²) in [6.45, 7) is 9.85. The fourth-order valence-electron chi connectivity index (χ4n) is 3.86. The lowest BCUT2D eigenvalue weighted by molar-refractivity contribution is 0.304. The zero-order valence-electron chi connectivity index (χ0n) is 17.5. The van der Waals surface area contributed by atoms with Gasteiger partial charge in [-0.05, 0) is 54.2 Å². The second-order valence-electron chi connectivity index (χ2n) is 8.26. The summed E-state index contributed by atoms with van der Waals surface area (Å²) in [6.07, 6.45) is 7.33. The summed E-state index contributed by atoms with van der Waals surface area (Å²) >= 11 is 0. The molecule has 27 heavy (non-hydrogen) atoms. The predicted molar refractivity (Wildman–Crippen MR) is 115 cm³/mol. The van der Waals surface area contributed by atoms with Crippen molar-refractivity contribution < 1.29 is 9.84 Å². The minimum absolute atomic E-state index is 0.0828. The highest BCUT2D eigenvalue weighted by atomic mass is 16.5. The molecule has 148 valence electrons. The van der Waals surface area contributed by atoms with Gasteiger partial charge in [-0.25, -0.2) is 0 Å². The lowest BCUT2D eigenvalue weighted by atomic mass is 9.71. The van der Waals surface area contributed by atoms with Crippen molar-refractivity contribution in [2.45, 2.75) is 71.6 Å². The van der Waals surface area contributed by atoms with Crippen molar-refractivity contribution in [1.29, 1.82) is 0 Å². The van der Waals surface area contributed by atoms with E-state index < -0.39 is 0 Å². The van der Waals surface area contributed by atoms with Gasteiger partial charge in [0.05, 0.1) is 6.61 Å². The van der Waals surface area contributed by atoms with Gasteiger partial charge in [-0.3, -0.25) is 0 Å². The Hall–Kier alpha value is -1.96. The van der Waals surface area contributed by atoms with E-state index in [0.717, 1.165) is 25.2 Å². The Labute approximate surface area is 165 Å². The SMILES string of the molecule is CCCCCCCOc1ccc(C(C)(CC(C)C)c2ccc(O)cc2)cc1. The van der Waals surface area contributed by atoms with Crippen LogP contribution in [0.2, 0.25) is 0 Å². The second-order valence-corrected chi connectivity index (χ2v) is 8.26. The van der Waals surface area contributed by atoms with Crippen LogP contribution in [0.15, 0.2) is 48.5 Å². The highest BCUT2D eigenvalue weighted by molar-refractivity contribution is 5.42. The van der Waals surface area contributed by atoms with Crippen LogP contribution in [-0.2, 0) is 5.41 Å². The normalized spacial score (nSPS) is 13.5. The van der Waals surface area contributed by atoms with Crippen LogP contribution in [-0.4, -0.2) is 11.7 Å². The molecule has 1 unspecified atom stereocenters. The number of hydrogen-bond acceptors (Lipinski definition) is 2. The summed E-state index contributed by atoms with van der Waals surface area (Å²) in [4.78, 5) is 0. The molecule has 0 aliphatic heterocycles. The molecular formula is C25H36O2. The molecule has 2 heteroatoms. The van der Waals surface area contributed by atoms with E-state index in [2.05, 4.69) is 52.0 Å². The summed E-state index contributed by atoms with van der Waals surface area (Å²) in [6, 6.07) is 16.2. The van der Waals surface area contributed by atoms with Gasteiger partial charge in [0.2, 0.25) is 0 Å². The van der Waals surface area contributed by atoms with Gasteiger partial charge in [-0.2, -0.15) is 0 Å². The van der Waals surface area contributed by atoms with E-state index in [1.807, 2.05) is 12.1 Å². The summed E-state index contributed by atoms with van der Waals surface area (Å²) in [5.41, 5.74) is 2.44. The van der Waals surface area contributed by atoms with Gasteiger partial charge in [0.1, 0.15) is 11.5 Å². The van der Waals surface area contributed by atoms with Crippen molar-refractivity contribution in [2.24, 2.45) is 5.92 Å². The average Bonchev–Trinajstić information content (AvgIpc) is 2.65. The number of phenolic OH excluding ortho intramolecular Hbond substituents is 1. The molecule has 0 amide bonds. The molecule has 0 aliphatic carbocycles. The van der Waals surface area contributed by atoms with E-state index in [4.69, 9.17) is 4.74 Å². The third-order valence-corrected chi connectivity index (χ3v) is 5.33. The number of aromatic hydroxyl groups is 1. The molecule has 2 aromatic carbocycles. The van der Waals surface area contributed by atoms with Gasteiger partial charge >= 0.3 is 0 Å². The zero-order chi connectivity index (χ0) is 19.7. The summed E-state index contributed by atoms with van der Waals surface area (Å²) in [7, 11) is 0. The molecule has 0 saturated heterocycles. The van der Waals surface area contributed by atoms with Crippen LogP contribution < -0.4 is 4.74 Å². The first kappa shape index (κ1) is 21.3. The van der Waals surface area contributed by atoms with Crippen LogP contribution in [0.25, 0.3) is 0 Å². The predicted octanol–water partition coefficient (Wildman–Crippen LogP) is 7.09. The average molecular weight is 369 g/mol. The Morgan fingerprint density at radius 1 is 0.852 bits per heavy atom. The van der Waals surface area contributed by atoms with Crippen LogP contribution >= 0.6 is 0 Å². The zero-order valence-corrected chi connectivity index (χ0v) is 17.5. The molecule has 0 fully saturated rings. The topological polar surface area (TPSA) is 29.5 Å². The first-order chi connectivity index (χ1) is 13.0. The molecule has 1 atom stereocenters. The molecule has 0 bridgehead atoms. The van der Waals surface area contributed by atoms with Crippen LogP contribution in [0.4, 0.5) is 0 Å². The van der Waals surface area contributed by atoms with Crippen molar-refractivity contribution in [3.63, 3.8) is 0 Å². The van der Waals surface area contributed by atoms with Crippen molar-refractivity contribution in [2.75, 3.05) is 6.61 Å². The monoisotopic (exact) mass is 368 g/mol. The largest absolute Gasteiger partial charge is 0.508 e. The Morgan fingerprint density at radius 2 is 1.41 bits per heavy atom. The van der Waals surface area contributed by atoms with Gasteiger partial charge in [0, 0.05) is 5.41 Å². The fourth-order valence-corrected chi connectivity index (χ4v) is 3.86. The lowest BCUT2D eigenvalue weighted by Gasteiger charge is -2.33. The van der Waals surface area contributed by atoms with Crippen molar-refractivity contribution >= 4 is 0 Å². The fraction of sp³-hybridized carbons (Fsp3) is 0.520. The van der Waals surface area contributed by atoms with Gasteiger partial charge in [0.15, 0.2) is 0 Å². The number of benzene rings is 2. The third-order valence-electron chi connectivity index (χ3n) is 5.33. The minimum Gasteiger partial charge on any atom is -0.508 e. The van der Waals surface area contributed by atoms with Crippen molar-refractivity contribution in [3.05, 3.63) is 59.7 Å². The number of phenols is 1. The molecule has 2 rings (SSSR count). The van der Waals surface area contributed by atoms with E-state index in [0.29, 0.717) is 11.7 Å². The van der Waals surface area contributed by atoms with E-state index >= 15 is 0 Å². The third kappa shape index (κ3) is 6.30. The van der Waals surface area contributed by atoms with E-state index in [1.165, 1.54) is 36.8 Å². The summed E-state index contributed by atoms with van der Waals surface area (Å²) < 4.78 is 5.92. The minimum atomic E-state index is -0.0828. The number of unbranched alkanes of at least 4 members (excludes halogenated alkanes) is 4. The van der Waals surface area contributed by atoms with Crippen LogP contribution in [0.5, 0.6) is 11.5 Å². The van der Waals surface area contributed by atoms with E-state index in [-0.39, 0.29) is 5.41 Å². The lowest BCUT2D eigenvalue weighted by Crippen LogP contribution is -2.25. The summed E-state index contributed by atoms with van der Waals surface area (Å²) in [5, 5.41) is 9.65. The van der Waals surface area contributed by atoms with Crippen LogP contribution in [0.3, 0.4) is 0 Å². The van der Waals surface area contributed by atoms with Gasteiger partial charge in [0.25, 0.3) is 0 Å². The van der Waals surface area contributed by atoms with E-state index in [1.54, 1.807) is 12.1 Å². The first-order valence-electron chi connectivity index (χ1n) is 10.5. The van der Waals surface area contributed by atoms with Crippen molar-refractivity contribution in [3.8, 4) is 11.5 Å². The maximum Gasteiger partial charge on any atom is 0.119 e. The van der Waals surface area contributed by atoms with Gasteiger partial charge < -0.3 is 9.84 Å². The number of ether oxygens (including phenoxy) is 1. The van der Waals surface area contributed by atoms with Crippen LogP contribution in [0, 0.1) is 5.92 Å². The molecule has 0 aliphatic rings. The molecule has 0 aromatic heterocycles. The Bertz CT molecular complexity index is 658. The smallest absolute Gasteiger partial charge is 0.119 e. The Kier molecular flexibility index (Phi) is 8.22. The van der Waals surface area contributed by atoms with E-state index in [9.17, 15) is 5.11 Å². The number of hydrogen-bond donors (Lipinski definition) is 1. The second kappa shape index (κ2) is 10.4. The Morgan fingerprint density at radius 3 is 1.96 bits per heavy atom. The molecular weight excluding hydrogens is 332 g/mol. The maximum atomic E-state index is 9.65. The summed E-state index contributed by atoms with van der Waals surface area (Å²) in [5.74, 6) is 1.84. The quantitative estimate of drug-likeness (QED) is 0.429. The Balaban J connectivity index is 2.07. The molecule has 2 aromatic rings. The molecule has 0 spiro atoms. The molecule has 0 saturated carbocycles. The van der Waals surface area contributed by atoms with Gasteiger partial charge in [-0.15, -0.1) is 0 Å². The van der Waals surface area contributed by atoms with Gasteiger partial charge in [-0.1, -0.05) is 77.6 Å². The molecule has 0 heterocycles. The highest BCUT2D eigenvalue weighted by Gasteiger charge is 2.29. The molecule has 2 nitrogen and oxygen atoms in total. The maximum absolute atomic E-state index is 9.65. The first-order valence-corrected chi connectivity index (χ1v) is 10.5. The standard InChI is InChI=1S/C25H36O2/c1-5-6-7-8-9-18-27-24-16-12-22(13-17-24)25(4,19-20(2)3)21-10-14-23(26)15-11-21/h10-17,20,26H,5-9,18-19H2,1-4H3. The molecule has 1 N–H and O–H groups in total. The molecule has 0 radical (unpaired) electrons. The highest BCUT2D eigenvalue weighted by Crippen LogP contribution is 2.39. The van der Waals surface area contributed by atoms with Crippen molar-refractivity contribution in [1.82, 2.24) is 0 Å². The number of rotatable bonds is 11. The van der Waals surface area contributed by atoms with Crippen LogP contribution in [0.1, 0.15) is 77.3 Å².